The zero-order valence-electron chi connectivity index (χ0n) is 14.7. The number of aromatic nitrogens is 2. The third-order valence-electron chi connectivity index (χ3n) is 3.92. The number of carbonyl (C=O) groups excluding carboxylic acids is 1. The Kier molecular flexibility index (Phi) is 8.78. The maximum absolute atomic E-state index is 12.1. The molecular formula is C18H23Cl2N3O3. The van der Waals surface area contributed by atoms with Crippen LogP contribution in [-0.2, 0) is 16.1 Å². The Hall–Kier alpha value is -1.89. The molecular weight excluding hydrogens is 377 g/mol. The normalized spacial score (nSPS) is 12.8. The van der Waals surface area contributed by atoms with Crippen molar-refractivity contribution in [1.29, 1.82) is 0 Å². The third-order valence-corrected chi connectivity index (χ3v) is 4.17. The van der Waals surface area contributed by atoms with Gasteiger partial charge in [0.1, 0.15) is 6.54 Å². The van der Waals surface area contributed by atoms with Crippen LogP contribution in [0, 0.1) is 0 Å². The number of benzene rings is 1. The van der Waals surface area contributed by atoms with Crippen molar-refractivity contribution in [1.82, 2.24) is 9.55 Å². The molecule has 2 atom stereocenters. The number of halogens is 2. The van der Waals surface area contributed by atoms with Gasteiger partial charge in [-0.25, -0.2) is 4.98 Å². The van der Waals surface area contributed by atoms with Crippen molar-refractivity contribution in [2.75, 3.05) is 6.61 Å². The van der Waals surface area contributed by atoms with Crippen LogP contribution >= 0.6 is 24.0 Å². The number of nitrogens with zero attached hydrogens (tertiary/aromatic N) is 2. The Morgan fingerprint density at radius 1 is 1.35 bits per heavy atom. The third kappa shape index (κ3) is 6.12. The Bertz CT molecular complexity index is 778. The summed E-state index contributed by atoms with van der Waals surface area (Å²) in [6.07, 6.45) is 2.01. The van der Waals surface area contributed by atoms with Gasteiger partial charge in [0.05, 0.1) is 18.6 Å². The minimum atomic E-state index is -0.461. The summed E-state index contributed by atoms with van der Waals surface area (Å²) < 4.78 is 6.07. The molecule has 8 heteroatoms. The average Bonchev–Trinajstić information content (AvgIpc) is 2.57. The number of rotatable bonds is 7. The lowest BCUT2D eigenvalue weighted by Gasteiger charge is -2.17. The predicted octanol–water partition coefficient (Wildman–Crippen LogP) is 3.08. The number of nitrogens with two attached hydrogens (primary N) is 1. The van der Waals surface area contributed by atoms with Gasteiger partial charge < -0.3 is 10.5 Å². The molecule has 142 valence electrons. The molecule has 0 aliphatic carbocycles. The van der Waals surface area contributed by atoms with E-state index in [4.69, 9.17) is 22.1 Å². The second kappa shape index (κ2) is 10.3. The molecule has 2 N–H and O–H groups in total. The van der Waals surface area contributed by atoms with Crippen LogP contribution < -0.4 is 11.3 Å². The van der Waals surface area contributed by atoms with Gasteiger partial charge in [0.2, 0.25) is 0 Å². The van der Waals surface area contributed by atoms with Crippen LogP contribution in [-0.4, -0.2) is 22.1 Å². The first-order valence-electron chi connectivity index (χ1n) is 8.13. The topological polar surface area (TPSA) is 87.2 Å². The summed E-state index contributed by atoms with van der Waals surface area (Å²) in [7, 11) is 0. The molecule has 2 rings (SSSR count). The highest BCUT2D eigenvalue weighted by molar-refractivity contribution is 6.30. The average molecular weight is 400 g/mol. The highest BCUT2D eigenvalue weighted by Gasteiger charge is 2.15. The fraction of sp³-hybridized carbons (Fsp3) is 0.389. The summed E-state index contributed by atoms with van der Waals surface area (Å²) >= 11 is 5.89. The molecule has 0 bridgehead atoms. The molecule has 0 saturated carbocycles. The fourth-order valence-electron chi connectivity index (χ4n) is 2.52. The van der Waals surface area contributed by atoms with E-state index in [0.29, 0.717) is 17.1 Å². The molecule has 26 heavy (non-hydrogen) atoms. The quantitative estimate of drug-likeness (QED) is 0.722. The Morgan fingerprint density at radius 2 is 2.00 bits per heavy atom. The largest absolute Gasteiger partial charge is 0.465 e. The van der Waals surface area contributed by atoms with Crippen LogP contribution in [0.15, 0.2) is 41.5 Å². The molecule has 0 aliphatic heterocycles. The highest BCUT2D eigenvalue weighted by atomic mass is 35.5. The second-order valence-corrected chi connectivity index (χ2v) is 6.32. The fourth-order valence-corrected chi connectivity index (χ4v) is 2.65. The van der Waals surface area contributed by atoms with Crippen molar-refractivity contribution in [3.05, 3.63) is 63.3 Å². The maximum Gasteiger partial charge on any atom is 0.326 e. The van der Waals surface area contributed by atoms with Crippen molar-refractivity contribution in [3.63, 3.8) is 0 Å². The molecule has 1 heterocycles. The van der Waals surface area contributed by atoms with Crippen molar-refractivity contribution in [3.8, 4) is 0 Å². The Morgan fingerprint density at radius 3 is 2.58 bits per heavy atom. The first-order chi connectivity index (χ1) is 11.9. The minimum Gasteiger partial charge on any atom is -0.465 e. The maximum atomic E-state index is 12.1. The molecule has 1 aromatic carbocycles. The van der Waals surface area contributed by atoms with Gasteiger partial charge in [0.15, 0.2) is 0 Å². The van der Waals surface area contributed by atoms with Crippen molar-refractivity contribution in [2.24, 2.45) is 5.73 Å². The van der Waals surface area contributed by atoms with E-state index in [1.54, 1.807) is 19.1 Å². The highest BCUT2D eigenvalue weighted by Crippen LogP contribution is 2.25. The van der Waals surface area contributed by atoms with Gasteiger partial charge in [0, 0.05) is 23.0 Å². The smallest absolute Gasteiger partial charge is 0.326 e. The zero-order chi connectivity index (χ0) is 18.4. The second-order valence-electron chi connectivity index (χ2n) is 5.88. The lowest BCUT2D eigenvalue weighted by atomic mass is 9.94. The van der Waals surface area contributed by atoms with Crippen LogP contribution in [0.4, 0.5) is 0 Å². The van der Waals surface area contributed by atoms with Gasteiger partial charge in [-0.15, -0.1) is 12.4 Å². The van der Waals surface area contributed by atoms with Gasteiger partial charge in [-0.1, -0.05) is 30.7 Å². The lowest BCUT2D eigenvalue weighted by Crippen LogP contribution is -2.26. The van der Waals surface area contributed by atoms with Crippen LogP contribution in [0.3, 0.4) is 0 Å². The van der Waals surface area contributed by atoms with E-state index in [-0.39, 0.29) is 43.1 Å². The first-order valence-corrected chi connectivity index (χ1v) is 8.51. The number of esters is 1. The number of carbonyl (C=O) groups is 1. The Labute approximate surface area is 163 Å². The van der Waals surface area contributed by atoms with Crippen molar-refractivity contribution >= 4 is 30.0 Å². The molecule has 0 amide bonds. The van der Waals surface area contributed by atoms with Crippen molar-refractivity contribution in [2.45, 2.75) is 38.8 Å². The van der Waals surface area contributed by atoms with Gasteiger partial charge >= 0.3 is 5.97 Å². The number of hydrogen-bond donors (Lipinski definition) is 1. The molecule has 0 unspecified atom stereocenters. The summed E-state index contributed by atoms with van der Waals surface area (Å²) in [5, 5.41) is 0.663. The molecule has 0 spiro atoms. The minimum absolute atomic E-state index is 0. The number of hydrogen-bond acceptors (Lipinski definition) is 5. The molecule has 0 aliphatic rings. The molecule has 0 radical (unpaired) electrons. The lowest BCUT2D eigenvalue weighted by molar-refractivity contribution is -0.143. The molecule has 6 nitrogen and oxygen atoms in total. The predicted molar refractivity (Wildman–Crippen MR) is 104 cm³/mol. The van der Waals surface area contributed by atoms with Crippen LogP contribution in [0.1, 0.15) is 43.5 Å². The summed E-state index contributed by atoms with van der Waals surface area (Å²) in [4.78, 5) is 27.9. The van der Waals surface area contributed by atoms with Crippen LogP contribution in [0.5, 0.6) is 0 Å². The van der Waals surface area contributed by atoms with Gasteiger partial charge in [-0.2, -0.15) is 0 Å². The monoisotopic (exact) mass is 399 g/mol. The zero-order valence-corrected chi connectivity index (χ0v) is 16.3. The number of ether oxygens (including phenoxy) is 1. The SMILES string of the molecule is CCOC(=O)Cn1cnc([C@@H](C)C[C@H](N)c2ccc(Cl)cc2)cc1=O.Cl. The van der Waals surface area contributed by atoms with E-state index in [9.17, 15) is 9.59 Å². The van der Waals surface area contributed by atoms with Crippen molar-refractivity contribution < 1.29 is 9.53 Å². The first kappa shape index (κ1) is 22.2. The molecule has 0 fully saturated rings. The van der Waals surface area contributed by atoms with Gasteiger partial charge in [0.25, 0.3) is 5.56 Å². The molecule has 1 aromatic heterocycles. The summed E-state index contributed by atoms with van der Waals surface area (Å²) in [6.45, 7) is 3.82. The van der Waals surface area contributed by atoms with E-state index < -0.39 is 5.97 Å². The van der Waals surface area contributed by atoms with Gasteiger partial charge in [-0.3, -0.25) is 14.2 Å². The summed E-state index contributed by atoms with van der Waals surface area (Å²) in [5.41, 5.74) is 7.57. The van der Waals surface area contributed by atoms with E-state index in [1.165, 1.54) is 17.0 Å². The van der Waals surface area contributed by atoms with E-state index >= 15 is 0 Å². The van der Waals surface area contributed by atoms with E-state index in [1.807, 2.05) is 19.1 Å². The summed E-state index contributed by atoms with van der Waals surface area (Å²) in [6, 6.07) is 8.65. The standard InChI is InChI=1S/C18H22ClN3O3.ClH/c1-3-25-18(24)10-22-11-21-16(9-17(22)23)12(2)8-15(20)13-4-6-14(19)7-5-13;/h4-7,9,11-12,15H,3,8,10,20H2,1-2H3;1H/t12-,15-;/m0./s1. The molecule has 0 saturated heterocycles. The van der Waals surface area contributed by atoms with Crippen LogP contribution in [0.2, 0.25) is 5.02 Å². The van der Waals surface area contributed by atoms with Gasteiger partial charge in [-0.05, 0) is 31.0 Å². The Balaban J connectivity index is 0.00000338. The van der Waals surface area contributed by atoms with E-state index in [0.717, 1.165) is 5.56 Å². The molecule has 2 aromatic rings. The van der Waals surface area contributed by atoms with E-state index in [2.05, 4.69) is 4.98 Å². The summed E-state index contributed by atoms with van der Waals surface area (Å²) in [5.74, 6) is -0.465. The van der Waals surface area contributed by atoms with Crippen LogP contribution in [0.25, 0.3) is 0 Å².